The zero-order valence-corrected chi connectivity index (χ0v) is 19.5. The van der Waals surface area contributed by atoms with Crippen LogP contribution in [0.4, 0.5) is 0 Å². The summed E-state index contributed by atoms with van der Waals surface area (Å²) in [7, 11) is 0. The van der Waals surface area contributed by atoms with Gasteiger partial charge in [-0.05, 0) is 82.4 Å². The van der Waals surface area contributed by atoms with Crippen molar-refractivity contribution in [2.75, 3.05) is 39.3 Å². The second-order valence-corrected chi connectivity index (χ2v) is 10.6. The molecule has 0 spiro atoms. The second-order valence-electron chi connectivity index (χ2n) is 10.6. The van der Waals surface area contributed by atoms with Crippen molar-refractivity contribution >= 4 is 11.8 Å². The van der Waals surface area contributed by atoms with Crippen molar-refractivity contribution in [2.45, 2.75) is 63.8 Å². The molecule has 0 bridgehead atoms. The molecule has 2 amide bonds. The van der Waals surface area contributed by atoms with Crippen LogP contribution in [0.5, 0.6) is 0 Å². The van der Waals surface area contributed by atoms with Crippen molar-refractivity contribution in [3.8, 4) is 0 Å². The molecule has 174 valence electrons. The quantitative estimate of drug-likeness (QED) is 0.707. The van der Waals surface area contributed by atoms with E-state index >= 15 is 0 Å². The Morgan fingerprint density at radius 3 is 1.75 bits per heavy atom. The smallest absolute Gasteiger partial charge is 0.225 e. The third-order valence-electron chi connectivity index (χ3n) is 8.39. The molecule has 0 unspecified atom stereocenters. The minimum atomic E-state index is 0.216. The van der Waals surface area contributed by atoms with Gasteiger partial charge in [0.2, 0.25) is 11.8 Å². The lowest BCUT2D eigenvalue weighted by Gasteiger charge is -2.42. The van der Waals surface area contributed by atoms with Crippen LogP contribution in [-0.4, -0.2) is 71.8 Å². The zero-order valence-electron chi connectivity index (χ0n) is 19.5. The number of amides is 2. The predicted molar refractivity (Wildman–Crippen MR) is 126 cm³/mol. The van der Waals surface area contributed by atoms with Crippen molar-refractivity contribution < 1.29 is 9.59 Å². The fraction of sp³-hybridized carbons (Fsp3) is 0.704. The molecule has 1 aromatic rings. The van der Waals surface area contributed by atoms with Crippen molar-refractivity contribution in [1.82, 2.24) is 14.7 Å². The Hall–Kier alpha value is -1.88. The molecule has 1 aromatic carbocycles. The molecule has 5 rings (SSSR count). The van der Waals surface area contributed by atoms with Crippen LogP contribution in [0.1, 0.15) is 56.9 Å². The summed E-state index contributed by atoms with van der Waals surface area (Å²) in [5.41, 5.74) is 1.42. The lowest BCUT2D eigenvalue weighted by atomic mass is 9.88. The molecule has 0 atom stereocenters. The normalized spacial score (nSPS) is 24.6. The number of piperidine rings is 3. The fourth-order valence-corrected chi connectivity index (χ4v) is 6.11. The number of hydrogen-bond donors (Lipinski definition) is 0. The van der Waals surface area contributed by atoms with Gasteiger partial charge in [0, 0.05) is 44.1 Å². The third-order valence-corrected chi connectivity index (χ3v) is 8.39. The first-order valence-electron chi connectivity index (χ1n) is 13.0. The average Bonchev–Trinajstić information content (AvgIpc) is 3.70. The van der Waals surface area contributed by atoms with Crippen LogP contribution >= 0.6 is 0 Å². The second kappa shape index (κ2) is 9.94. The van der Waals surface area contributed by atoms with Crippen molar-refractivity contribution in [3.63, 3.8) is 0 Å². The van der Waals surface area contributed by atoms with E-state index in [4.69, 9.17) is 0 Å². The van der Waals surface area contributed by atoms with Gasteiger partial charge in [-0.2, -0.15) is 0 Å². The summed E-state index contributed by atoms with van der Waals surface area (Å²) >= 11 is 0. The van der Waals surface area contributed by atoms with Gasteiger partial charge in [-0.15, -0.1) is 0 Å². The summed E-state index contributed by atoms with van der Waals surface area (Å²) in [4.78, 5) is 32.3. The van der Waals surface area contributed by atoms with Gasteiger partial charge in [-0.3, -0.25) is 9.59 Å². The molecule has 4 aliphatic rings. The molecule has 4 fully saturated rings. The third kappa shape index (κ3) is 5.19. The zero-order chi connectivity index (χ0) is 21.9. The van der Waals surface area contributed by atoms with Crippen LogP contribution in [-0.2, 0) is 16.0 Å². The van der Waals surface area contributed by atoms with Crippen LogP contribution in [0.2, 0.25) is 0 Å². The first kappa shape index (κ1) is 21.9. The first-order chi connectivity index (χ1) is 15.7. The van der Waals surface area contributed by atoms with E-state index in [0.29, 0.717) is 29.7 Å². The summed E-state index contributed by atoms with van der Waals surface area (Å²) in [5, 5.41) is 0. The van der Waals surface area contributed by atoms with E-state index in [1.54, 1.807) is 0 Å². The lowest BCUT2D eigenvalue weighted by molar-refractivity contribution is -0.139. The summed E-state index contributed by atoms with van der Waals surface area (Å²) in [6.45, 7) is 5.81. The van der Waals surface area contributed by atoms with Gasteiger partial charge < -0.3 is 14.7 Å². The van der Waals surface area contributed by atoms with Crippen molar-refractivity contribution in [2.24, 2.45) is 17.8 Å². The van der Waals surface area contributed by atoms with Crippen LogP contribution in [0, 0.1) is 17.8 Å². The number of nitrogens with zero attached hydrogens (tertiary/aromatic N) is 3. The molecule has 0 aromatic heterocycles. The Bertz CT molecular complexity index is 769. The molecule has 0 radical (unpaired) electrons. The number of rotatable bonds is 5. The van der Waals surface area contributed by atoms with Crippen LogP contribution in [0.25, 0.3) is 0 Å². The van der Waals surface area contributed by atoms with Crippen molar-refractivity contribution in [1.29, 1.82) is 0 Å². The van der Waals surface area contributed by atoms with Gasteiger partial charge >= 0.3 is 0 Å². The van der Waals surface area contributed by atoms with Gasteiger partial charge in [0.05, 0.1) is 0 Å². The summed E-state index contributed by atoms with van der Waals surface area (Å²) in [6.07, 6.45) is 9.84. The maximum Gasteiger partial charge on any atom is 0.225 e. The molecule has 5 nitrogen and oxygen atoms in total. The minimum absolute atomic E-state index is 0.216. The van der Waals surface area contributed by atoms with Crippen LogP contribution in [0.15, 0.2) is 30.3 Å². The molecule has 3 aliphatic heterocycles. The topological polar surface area (TPSA) is 43.9 Å². The molecular formula is C27H39N3O2. The molecule has 3 saturated heterocycles. The predicted octanol–water partition coefficient (Wildman–Crippen LogP) is 3.58. The Morgan fingerprint density at radius 1 is 0.656 bits per heavy atom. The molecule has 0 N–H and O–H groups in total. The number of carbonyl (C=O) groups is 2. The van der Waals surface area contributed by atoms with Gasteiger partial charge in [0.1, 0.15) is 0 Å². The largest absolute Gasteiger partial charge is 0.342 e. The van der Waals surface area contributed by atoms with E-state index in [-0.39, 0.29) is 5.92 Å². The van der Waals surface area contributed by atoms with Gasteiger partial charge in [-0.1, -0.05) is 30.3 Å². The number of carbonyl (C=O) groups excluding carboxylic acids is 2. The molecule has 1 saturated carbocycles. The molecule has 3 heterocycles. The number of benzene rings is 1. The fourth-order valence-electron chi connectivity index (χ4n) is 6.11. The monoisotopic (exact) mass is 437 g/mol. The SMILES string of the molecule is O=C(C1CCN(C2CCN(C(=O)C3CC3)CC2)CC1)N1CCC(Cc2ccccc2)CC1. The van der Waals surface area contributed by atoms with Crippen LogP contribution in [0.3, 0.4) is 0 Å². The molecule has 5 heteroatoms. The van der Waals surface area contributed by atoms with Crippen molar-refractivity contribution in [3.05, 3.63) is 35.9 Å². The Morgan fingerprint density at radius 2 is 1.19 bits per heavy atom. The van der Waals surface area contributed by atoms with E-state index in [9.17, 15) is 9.59 Å². The van der Waals surface area contributed by atoms with Crippen LogP contribution < -0.4 is 0 Å². The molecule has 1 aliphatic carbocycles. The highest BCUT2D eigenvalue weighted by Gasteiger charge is 2.37. The highest BCUT2D eigenvalue weighted by Crippen LogP contribution is 2.33. The van der Waals surface area contributed by atoms with Gasteiger partial charge in [-0.25, -0.2) is 0 Å². The standard InChI is InChI=1S/C27H39N3O2/c31-26(23-6-7-23)30-18-12-25(13-19-30)28-16-10-24(11-17-28)27(32)29-14-8-22(9-15-29)20-21-4-2-1-3-5-21/h1-5,22-25H,6-20H2. The average molecular weight is 438 g/mol. The maximum absolute atomic E-state index is 13.2. The van der Waals surface area contributed by atoms with E-state index in [1.807, 2.05) is 0 Å². The summed E-state index contributed by atoms with van der Waals surface area (Å²) in [6, 6.07) is 11.4. The van der Waals surface area contributed by atoms with E-state index in [2.05, 4.69) is 45.0 Å². The van der Waals surface area contributed by atoms with Gasteiger partial charge in [0.25, 0.3) is 0 Å². The Labute approximate surface area is 193 Å². The number of hydrogen-bond acceptors (Lipinski definition) is 3. The molecular weight excluding hydrogens is 398 g/mol. The Balaban J connectivity index is 1.02. The van der Waals surface area contributed by atoms with E-state index in [0.717, 1.165) is 97.1 Å². The Kier molecular flexibility index (Phi) is 6.82. The number of likely N-dealkylation sites (tertiary alicyclic amines) is 3. The van der Waals surface area contributed by atoms with E-state index in [1.165, 1.54) is 5.56 Å². The maximum atomic E-state index is 13.2. The highest BCUT2D eigenvalue weighted by molar-refractivity contribution is 5.81. The lowest BCUT2D eigenvalue weighted by Crippen LogP contribution is -2.51. The summed E-state index contributed by atoms with van der Waals surface area (Å²) < 4.78 is 0. The highest BCUT2D eigenvalue weighted by atomic mass is 16.2. The van der Waals surface area contributed by atoms with E-state index < -0.39 is 0 Å². The minimum Gasteiger partial charge on any atom is -0.342 e. The first-order valence-corrected chi connectivity index (χ1v) is 13.0. The van der Waals surface area contributed by atoms with Gasteiger partial charge in [0.15, 0.2) is 0 Å². The summed E-state index contributed by atoms with van der Waals surface area (Å²) in [5.74, 6) is 2.08. The molecule has 32 heavy (non-hydrogen) atoms.